The molecule has 0 heterocycles. The summed E-state index contributed by atoms with van der Waals surface area (Å²) in [7, 11) is -2.11. The van der Waals surface area contributed by atoms with Gasteiger partial charge in [0.15, 0.2) is 9.84 Å². The summed E-state index contributed by atoms with van der Waals surface area (Å²) in [4.78, 5) is 3.81. The van der Waals surface area contributed by atoms with Crippen molar-refractivity contribution in [2.75, 3.05) is 13.0 Å². The van der Waals surface area contributed by atoms with Crippen molar-refractivity contribution in [2.45, 2.75) is 11.8 Å². The van der Waals surface area contributed by atoms with Crippen LogP contribution in [0, 0.1) is 6.92 Å². The predicted molar refractivity (Wildman–Crippen MR) is 63.5 cm³/mol. The third kappa shape index (κ3) is 3.50. The molecule has 88 valence electrons. The quantitative estimate of drug-likeness (QED) is 0.617. The van der Waals surface area contributed by atoms with Crippen LogP contribution in [0.2, 0.25) is 0 Å². The second kappa shape index (κ2) is 5.32. The molecule has 0 aliphatic carbocycles. The fourth-order valence-electron chi connectivity index (χ4n) is 1.02. The Morgan fingerprint density at radius 1 is 1.38 bits per heavy atom. The number of hydrogen-bond donors (Lipinski definition) is 0. The molecule has 0 fully saturated rings. The Morgan fingerprint density at radius 2 is 1.94 bits per heavy atom. The molecule has 0 saturated heterocycles. The zero-order chi connectivity index (χ0) is 12.2. The van der Waals surface area contributed by atoms with Gasteiger partial charge in [-0.2, -0.15) is 0 Å². The molecule has 1 aromatic rings. The van der Waals surface area contributed by atoms with Crippen LogP contribution in [0.25, 0.3) is 0 Å². The van der Waals surface area contributed by atoms with E-state index in [1.807, 2.05) is 6.92 Å². The maximum absolute atomic E-state index is 11.7. The van der Waals surface area contributed by atoms with Gasteiger partial charge in [-0.15, -0.1) is 0 Å². The van der Waals surface area contributed by atoms with Gasteiger partial charge in [-0.1, -0.05) is 17.7 Å². The molecule has 0 aliphatic heterocycles. The fourth-order valence-corrected chi connectivity index (χ4v) is 2.14. The second-order valence-electron chi connectivity index (χ2n) is 3.17. The minimum absolute atomic E-state index is 0.171. The van der Waals surface area contributed by atoms with E-state index in [2.05, 4.69) is 9.73 Å². The van der Waals surface area contributed by atoms with Crippen LogP contribution in [-0.4, -0.2) is 26.8 Å². The first-order chi connectivity index (χ1) is 7.45. The maximum atomic E-state index is 11.7. The highest BCUT2D eigenvalue weighted by Crippen LogP contribution is 2.12. The molecule has 0 radical (unpaired) electrons. The molecule has 16 heavy (non-hydrogen) atoms. The Bertz CT molecular complexity index is 479. The summed E-state index contributed by atoms with van der Waals surface area (Å²) in [6.07, 6.45) is 0. The number of halogens is 1. The molecule has 0 unspecified atom stereocenters. The lowest BCUT2D eigenvalue weighted by molar-refractivity contribution is 0.413. The van der Waals surface area contributed by atoms with Crippen LogP contribution in [0.4, 0.5) is 0 Å². The average Bonchev–Trinajstić information content (AvgIpc) is 2.26. The van der Waals surface area contributed by atoms with Crippen LogP contribution in [-0.2, 0) is 14.6 Å². The Hall–Kier alpha value is -1.07. The van der Waals surface area contributed by atoms with Gasteiger partial charge in [0.25, 0.3) is 5.36 Å². The van der Waals surface area contributed by atoms with Crippen molar-refractivity contribution in [3.8, 4) is 0 Å². The first-order valence-corrected chi connectivity index (χ1v) is 6.52. The molecule has 0 bridgehead atoms. The van der Waals surface area contributed by atoms with E-state index >= 15 is 0 Å². The molecule has 0 aliphatic rings. The van der Waals surface area contributed by atoms with Crippen molar-refractivity contribution < 1.29 is 13.2 Å². The lowest BCUT2D eigenvalue weighted by Gasteiger charge is -2.02. The number of hydrogen-bond acceptors (Lipinski definition) is 4. The van der Waals surface area contributed by atoms with E-state index in [9.17, 15) is 8.42 Å². The van der Waals surface area contributed by atoms with E-state index < -0.39 is 15.7 Å². The summed E-state index contributed by atoms with van der Waals surface area (Å²) in [5, 5.41) is -0.171. The van der Waals surface area contributed by atoms with Gasteiger partial charge in [0, 0.05) is 0 Å². The largest absolute Gasteiger partial charge is 0.473 e. The number of benzene rings is 1. The van der Waals surface area contributed by atoms with Gasteiger partial charge in [-0.25, -0.2) is 13.4 Å². The standard InChI is InChI=1S/C10H12ClNO3S/c1-8-3-5-9(6-4-8)16(13,14)7-12-10(11)15-2/h3-6H,7H2,1-2H3/b12-10+. The van der Waals surface area contributed by atoms with Crippen molar-refractivity contribution in [3.63, 3.8) is 0 Å². The number of nitrogens with zero attached hydrogens (tertiary/aromatic N) is 1. The molecular weight excluding hydrogens is 250 g/mol. The normalized spacial score (nSPS) is 12.6. The van der Waals surface area contributed by atoms with E-state index in [0.29, 0.717) is 0 Å². The highest BCUT2D eigenvalue weighted by molar-refractivity contribution is 7.91. The van der Waals surface area contributed by atoms with Gasteiger partial charge in [-0.05, 0) is 30.7 Å². The zero-order valence-corrected chi connectivity index (χ0v) is 10.5. The van der Waals surface area contributed by atoms with E-state index in [0.717, 1.165) is 5.56 Å². The summed E-state index contributed by atoms with van der Waals surface area (Å²) in [5.74, 6) is -0.414. The molecule has 0 saturated carbocycles. The third-order valence-corrected chi connectivity index (χ3v) is 3.64. The molecule has 0 spiro atoms. The van der Waals surface area contributed by atoms with Gasteiger partial charge in [0.05, 0.1) is 12.0 Å². The van der Waals surface area contributed by atoms with Gasteiger partial charge in [0.2, 0.25) is 0 Å². The second-order valence-corrected chi connectivity index (χ2v) is 5.45. The summed E-state index contributed by atoms with van der Waals surface area (Å²) >= 11 is 5.45. The van der Waals surface area contributed by atoms with Crippen LogP contribution < -0.4 is 0 Å². The summed E-state index contributed by atoms with van der Waals surface area (Å²) in [6, 6.07) is 6.55. The maximum Gasteiger partial charge on any atom is 0.282 e. The van der Waals surface area contributed by atoms with Crippen LogP contribution >= 0.6 is 11.6 Å². The SMILES string of the molecule is CO/C(Cl)=N/CS(=O)(=O)c1ccc(C)cc1. The molecule has 1 aromatic carbocycles. The van der Waals surface area contributed by atoms with E-state index in [1.54, 1.807) is 24.3 Å². The summed E-state index contributed by atoms with van der Waals surface area (Å²) in [5.41, 5.74) is 0.998. The first kappa shape index (κ1) is 13.0. The van der Waals surface area contributed by atoms with Gasteiger partial charge >= 0.3 is 0 Å². The highest BCUT2D eigenvalue weighted by Gasteiger charge is 2.13. The van der Waals surface area contributed by atoms with E-state index in [-0.39, 0.29) is 10.3 Å². The van der Waals surface area contributed by atoms with Crippen molar-refractivity contribution in [3.05, 3.63) is 29.8 Å². The monoisotopic (exact) mass is 261 g/mol. The summed E-state index contributed by atoms with van der Waals surface area (Å²) < 4.78 is 28.0. The molecule has 1 rings (SSSR count). The molecule has 6 heteroatoms. The number of aliphatic imine (C=N–C) groups is 1. The average molecular weight is 262 g/mol. The molecular formula is C10H12ClNO3S. The lowest BCUT2D eigenvalue weighted by atomic mass is 10.2. The summed E-state index contributed by atoms with van der Waals surface area (Å²) in [6.45, 7) is 1.89. The molecule has 0 atom stereocenters. The van der Waals surface area contributed by atoms with E-state index in [1.165, 1.54) is 7.11 Å². The Morgan fingerprint density at radius 3 is 2.44 bits per heavy atom. The number of rotatable bonds is 3. The topological polar surface area (TPSA) is 55.7 Å². The number of sulfone groups is 1. The molecule has 0 N–H and O–H groups in total. The van der Waals surface area contributed by atoms with Crippen molar-refractivity contribution in [1.29, 1.82) is 0 Å². The first-order valence-electron chi connectivity index (χ1n) is 4.49. The van der Waals surface area contributed by atoms with Crippen molar-refractivity contribution >= 4 is 26.8 Å². The van der Waals surface area contributed by atoms with Gasteiger partial charge in [-0.3, -0.25) is 0 Å². The Balaban J connectivity index is 2.91. The fraction of sp³-hybridized carbons (Fsp3) is 0.300. The van der Waals surface area contributed by atoms with Crippen LogP contribution in [0.1, 0.15) is 5.56 Å². The Labute approximate surface area is 99.8 Å². The van der Waals surface area contributed by atoms with Gasteiger partial charge < -0.3 is 4.74 Å². The highest BCUT2D eigenvalue weighted by atomic mass is 35.5. The predicted octanol–water partition coefficient (Wildman–Crippen LogP) is 1.97. The van der Waals surface area contributed by atoms with Gasteiger partial charge in [0.1, 0.15) is 5.88 Å². The molecule has 0 amide bonds. The van der Waals surface area contributed by atoms with Crippen LogP contribution in [0.5, 0.6) is 0 Å². The van der Waals surface area contributed by atoms with Crippen molar-refractivity contribution in [1.82, 2.24) is 0 Å². The number of ether oxygens (including phenoxy) is 1. The minimum Gasteiger partial charge on any atom is -0.473 e. The van der Waals surface area contributed by atoms with Crippen LogP contribution in [0.3, 0.4) is 0 Å². The van der Waals surface area contributed by atoms with E-state index in [4.69, 9.17) is 11.6 Å². The smallest absolute Gasteiger partial charge is 0.282 e. The lowest BCUT2D eigenvalue weighted by Crippen LogP contribution is -2.06. The molecule has 4 nitrogen and oxygen atoms in total. The third-order valence-electron chi connectivity index (χ3n) is 1.91. The minimum atomic E-state index is -3.43. The molecule has 0 aromatic heterocycles. The van der Waals surface area contributed by atoms with Crippen LogP contribution in [0.15, 0.2) is 34.2 Å². The number of aryl methyl sites for hydroxylation is 1. The van der Waals surface area contributed by atoms with Crippen molar-refractivity contribution in [2.24, 2.45) is 4.99 Å². The Kier molecular flexibility index (Phi) is 4.32. The zero-order valence-electron chi connectivity index (χ0n) is 8.97. The number of methoxy groups -OCH3 is 1.